The quantitative estimate of drug-likeness (QED) is 0.805. The van der Waals surface area contributed by atoms with Crippen LogP contribution in [0.25, 0.3) is 0 Å². The molecule has 2 N–H and O–H groups in total. The molecule has 1 aliphatic rings. The van der Waals surface area contributed by atoms with Gasteiger partial charge in [0.2, 0.25) is 0 Å². The van der Waals surface area contributed by atoms with Crippen LogP contribution in [0.15, 0.2) is 18.2 Å². The number of benzene rings is 1. The molecule has 0 amide bonds. The number of halogens is 2. The van der Waals surface area contributed by atoms with E-state index >= 15 is 0 Å². The fourth-order valence-corrected chi connectivity index (χ4v) is 2.60. The Balaban J connectivity index is 1.71. The van der Waals surface area contributed by atoms with Gasteiger partial charge in [0.25, 0.3) is 0 Å². The normalized spacial score (nSPS) is 21.2. The van der Waals surface area contributed by atoms with Crippen LogP contribution in [0, 0.1) is 5.92 Å². The first-order valence-corrected chi connectivity index (χ1v) is 7.89. The van der Waals surface area contributed by atoms with Gasteiger partial charge in [-0.15, -0.1) is 0 Å². The second-order valence-electron chi connectivity index (χ2n) is 5.36. The third-order valence-corrected chi connectivity index (χ3v) is 4.22. The van der Waals surface area contributed by atoms with Crippen molar-refractivity contribution in [2.45, 2.75) is 25.5 Å². The molecule has 3 unspecified atom stereocenters. The molecule has 118 valence electrons. The van der Waals surface area contributed by atoms with E-state index in [-0.39, 0.29) is 6.61 Å². The van der Waals surface area contributed by atoms with E-state index in [4.69, 9.17) is 32.7 Å². The van der Waals surface area contributed by atoms with Crippen molar-refractivity contribution in [3.05, 3.63) is 28.2 Å². The summed E-state index contributed by atoms with van der Waals surface area (Å²) in [6.07, 6.45) is 0.462. The molecule has 1 fully saturated rings. The maximum absolute atomic E-state index is 9.97. The molecule has 3 atom stereocenters. The lowest BCUT2D eigenvalue weighted by atomic mass is 10.0. The Hall–Kier alpha value is -0.520. The number of aliphatic hydroxyl groups excluding tert-OH is 1. The predicted octanol–water partition coefficient (Wildman–Crippen LogP) is 2.75. The molecule has 6 heteroatoms. The lowest BCUT2D eigenvalue weighted by Crippen LogP contribution is -2.40. The maximum atomic E-state index is 9.97. The van der Waals surface area contributed by atoms with Crippen LogP contribution < -0.4 is 10.1 Å². The summed E-state index contributed by atoms with van der Waals surface area (Å²) in [4.78, 5) is 0. The van der Waals surface area contributed by atoms with Crippen molar-refractivity contribution in [1.82, 2.24) is 5.32 Å². The minimum atomic E-state index is -0.607. The summed E-state index contributed by atoms with van der Waals surface area (Å²) >= 11 is 11.9. The Morgan fingerprint density at radius 3 is 3.00 bits per heavy atom. The van der Waals surface area contributed by atoms with Gasteiger partial charge in [-0.05, 0) is 31.4 Å². The molecule has 1 saturated heterocycles. The Morgan fingerprint density at radius 1 is 1.48 bits per heavy atom. The third kappa shape index (κ3) is 5.31. The molecule has 0 saturated carbocycles. The molecule has 0 bridgehead atoms. The van der Waals surface area contributed by atoms with Crippen molar-refractivity contribution in [1.29, 1.82) is 0 Å². The van der Waals surface area contributed by atoms with Gasteiger partial charge in [-0.3, -0.25) is 0 Å². The van der Waals surface area contributed by atoms with E-state index in [0.717, 1.165) is 19.6 Å². The maximum Gasteiger partial charge on any atom is 0.139 e. The van der Waals surface area contributed by atoms with Crippen LogP contribution in [0.5, 0.6) is 5.75 Å². The Bertz CT molecular complexity index is 453. The zero-order valence-electron chi connectivity index (χ0n) is 12.0. The smallest absolute Gasteiger partial charge is 0.139 e. The topological polar surface area (TPSA) is 50.7 Å². The molecule has 0 aromatic heterocycles. The first kappa shape index (κ1) is 16.8. The van der Waals surface area contributed by atoms with Crippen LogP contribution in [0.2, 0.25) is 10.0 Å². The van der Waals surface area contributed by atoms with Gasteiger partial charge in [-0.2, -0.15) is 0 Å². The average Bonchev–Trinajstić information content (AvgIpc) is 3.00. The fraction of sp³-hybridized carbons (Fsp3) is 0.600. The number of aliphatic hydroxyl groups is 1. The SMILES string of the molecule is CC(NCC(O)COc1cc(Cl)ccc1Cl)C1CCOC1. The zero-order chi connectivity index (χ0) is 15.2. The van der Waals surface area contributed by atoms with Gasteiger partial charge in [0.15, 0.2) is 0 Å². The third-order valence-electron chi connectivity index (χ3n) is 3.67. The van der Waals surface area contributed by atoms with Crippen molar-refractivity contribution < 1.29 is 14.6 Å². The van der Waals surface area contributed by atoms with Gasteiger partial charge in [-0.1, -0.05) is 23.2 Å². The number of ether oxygens (including phenoxy) is 2. The van der Waals surface area contributed by atoms with Gasteiger partial charge in [0, 0.05) is 30.3 Å². The molecule has 0 spiro atoms. The second-order valence-corrected chi connectivity index (χ2v) is 6.20. The summed E-state index contributed by atoms with van der Waals surface area (Å²) in [5.41, 5.74) is 0. The highest BCUT2D eigenvalue weighted by atomic mass is 35.5. The largest absolute Gasteiger partial charge is 0.489 e. The first-order valence-electron chi connectivity index (χ1n) is 7.13. The van der Waals surface area contributed by atoms with Crippen LogP contribution in [0.4, 0.5) is 0 Å². The Kier molecular flexibility index (Phi) is 6.58. The van der Waals surface area contributed by atoms with E-state index in [1.165, 1.54) is 0 Å². The van der Waals surface area contributed by atoms with Gasteiger partial charge in [0.1, 0.15) is 18.5 Å². The summed E-state index contributed by atoms with van der Waals surface area (Å²) in [5.74, 6) is 1.00. The molecule has 1 aromatic rings. The van der Waals surface area contributed by atoms with Gasteiger partial charge in [0.05, 0.1) is 11.6 Å². The number of rotatable bonds is 7. The Morgan fingerprint density at radius 2 is 2.29 bits per heavy atom. The van der Waals surface area contributed by atoms with E-state index in [2.05, 4.69) is 12.2 Å². The molecule has 1 aromatic carbocycles. The van der Waals surface area contributed by atoms with Gasteiger partial charge in [-0.25, -0.2) is 0 Å². The van der Waals surface area contributed by atoms with E-state index < -0.39 is 6.10 Å². The van der Waals surface area contributed by atoms with Crippen molar-refractivity contribution >= 4 is 23.2 Å². The lowest BCUT2D eigenvalue weighted by molar-refractivity contribution is 0.100. The van der Waals surface area contributed by atoms with E-state index in [1.54, 1.807) is 18.2 Å². The van der Waals surface area contributed by atoms with Crippen molar-refractivity contribution in [3.8, 4) is 5.75 Å². The van der Waals surface area contributed by atoms with Crippen LogP contribution in [-0.2, 0) is 4.74 Å². The molecule has 2 rings (SSSR count). The number of hydrogen-bond acceptors (Lipinski definition) is 4. The lowest BCUT2D eigenvalue weighted by Gasteiger charge is -2.21. The summed E-state index contributed by atoms with van der Waals surface area (Å²) < 4.78 is 10.9. The van der Waals surface area contributed by atoms with Crippen molar-refractivity contribution in [2.75, 3.05) is 26.4 Å². The molecular weight excluding hydrogens is 313 g/mol. The fourth-order valence-electron chi connectivity index (χ4n) is 2.27. The first-order chi connectivity index (χ1) is 10.1. The highest BCUT2D eigenvalue weighted by molar-refractivity contribution is 6.34. The van der Waals surface area contributed by atoms with Crippen LogP contribution >= 0.6 is 23.2 Å². The van der Waals surface area contributed by atoms with Crippen LogP contribution in [0.3, 0.4) is 0 Å². The zero-order valence-corrected chi connectivity index (χ0v) is 13.5. The monoisotopic (exact) mass is 333 g/mol. The van der Waals surface area contributed by atoms with Crippen LogP contribution in [-0.4, -0.2) is 43.6 Å². The van der Waals surface area contributed by atoms with Crippen LogP contribution in [0.1, 0.15) is 13.3 Å². The molecule has 4 nitrogen and oxygen atoms in total. The van der Waals surface area contributed by atoms with E-state index in [0.29, 0.717) is 34.3 Å². The molecule has 0 radical (unpaired) electrons. The van der Waals surface area contributed by atoms with Gasteiger partial charge >= 0.3 is 0 Å². The molecular formula is C15H21Cl2NO3. The minimum absolute atomic E-state index is 0.168. The minimum Gasteiger partial charge on any atom is -0.489 e. The number of hydrogen-bond donors (Lipinski definition) is 2. The second kappa shape index (κ2) is 8.20. The average molecular weight is 334 g/mol. The van der Waals surface area contributed by atoms with Crippen molar-refractivity contribution in [2.24, 2.45) is 5.92 Å². The molecule has 0 aliphatic carbocycles. The molecule has 1 heterocycles. The summed E-state index contributed by atoms with van der Waals surface area (Å²) in [6, 6.07) is 5.33. The van der Waals surface area contributed by atoms with E-state index in [1.807, 2.05) is 0 Å². The Labute approximate surface area is 135 Å². The summed E-state index contributed by atoms with van der Waals surface area (Å²) in [7, 11) is 0. The highest BCUT2D eigenvalue weighted by Gasteiger charge is 2.22. The van der Waals surface area contributed by atoms with Gasteiger partial charge < -0.3 is 19.9 Å². The molecule has 1 aliphatic heterocycles. The summed E-state index contributed by atoms with van der Waals surface area (Å²) in [6.45, 7) is 4.37. The predicted molar refractivity (Wildman–Crippen MR) is 84.4 cm³/mol. The number of nitrogens with one attached hydrogen (secondary N) is 1. The standard InChI is InChI=1S/C15H21Cl2NO3/c1-10(11-4-5-20-8-11)18-7-13(19)9-21-15-6-12(16)2-3-14(15)17/h2-3,6,10-11,13,18-19H,4-5,7-9H2,1H3. The summed E-state index contributed by atoms with van der Waals surface area (Å²) in [5, 5.41) is 14.3. The molecule has 21 heavy (non-hydrogen) atoms. The highest BCUT2D eigenvalue weighted by Crippen LogP contribution is 2.27. The van der Waals surface area contributed by atoms with Crippen molar-refractivity contribution in [3.63, 3.8) is 0 Å². The van der Waals surface area contributed by atoms with E-state index in [9.17, 15) is 5.11 Å².